The summed E-state index contributed by atoms with van der Waals surface area (Å²) in [6, 6.07) is 18.6. The van der Waals surface area contributed by atoms with E-state index in [-0.39, 0.29) is 5.91 Å². The van der Waals surface area contributed by atoms with Crippen molar-refractivity contribution in [3.8, 4) is 11.1 Å². The fourth-order valence-electron chi connectivity index (χ4n) is 2.95. The van der Waals surface area contributed by atoms with Crippen LogP contribution in [0.15, 0.2) is 60.0 Å². The van der Waals surface area contributed by atoms with Gasteiger partial charge in [-0.3, -0.25) is 4.79 Å². The second kappa shape index (κ2) is 7.91. The van der Waals surface area contributed by atoms with E-state index in [1.54, 1.807) is 0 Å². The molecule has 0 saturated carbocycles. The quantitative estimate of drug-likeness (QED) is 0.548. The van der Waals surface area contributed by atoms with Crippen molar-refractivity contribution in [2.45, 2.75) is 11.5 Å². The normalized spacial score (nSPS) is 14.5. The SMILES string of the molecule is Cc1ccc(-c2ccsc2C(=O)Nc2cccc(C3SCCS3)c2)cc1. The molecule has 2 nitrogen and oxygen atoms in total. The second-order valence-electron chi connectivity index (χ2n) is 6.18. The molecule has 1 aliphatic rings. The van der Waals surface area contributed by atoms with Crippen molar-refractivity contribution in [3.05, 3.63) is 76.0 Å². The minimum Gasteiger partial charge on any atom is -0.321 e. The Bertz CT molecular complexity index is 911. The molecule has 0 aliphatic carbocycles. The number of rotatable bonds is 4. The van der Waals surface area contributed by atoms with Crippen molar-refractivity contribution >= 4 is 46.5 Å². The Morgan fingerprint density at radius 3 is 2.58 bits per heavy atom. The van der Waals surface area contributed by atoms with Crippen molar-refractivity contribution in [3.63, 3.8) is 0 Å². The number of carbonyl (C=O) groups excluding carboxylic acids is 1. The number of aryl methyl sites for hydroxylation is 1. The number of nitrogens with one attached hydrogen (secondary N) is 1. The first kappa shape index (κ1) is 17.7. The molecule has 5 heteroatoms. The molecule has 0 atom stereocenters. The Morgan fingerprint density at radius 2 is 1.81 bits per heavy atom. The van der Waals surface area contributed by atoms with E-state index in [0.717, 1.165) is 21.7 Å². The average molecular weight is 398 g/mol. The van der Waals surface area contributed by atoms with Gasteiger partial charge >= 0.3 is 0 Å². The van der Waals surface area contributed by atoms with Crippen molar-refractivity contribution < 1.29 is 4.79 Å². The lowest BCUT2D eigenvalue weighted by Crippen LogP contribution is -2.11. The van der Waals surface area contributed by atoms with Gasteiger partial charge in [-0.2, -0.15) is 0 Å². The number of amides is 1. The lowest BCUT2D eigenvalue weighted by atomic mass is 10.0. The van der Waals surface area contributed by atoms with Gasteiger partial charge in [-0.05, 0) is 41.6 Å². The Hall–Kier alpha value is -1.69. The predicted molar refractivity (Wildman–Crippen MR) is 117 cm³/mol. The first-order valence-corrected chi connectivity index (χ1v) is 11.5. The first-order valence-electron chi connectivity index (χ1n) is 8.50. The molecule has 1 saturated heterocycles. The zero-order chi connectivity index (χ0) is 17.9. The molecule has 1 aromatic heterocycles. The maximum Gasteiger partial charge on any atom is 0.266 e. The van der Waals surface area contributed by atoms with Crippen molar-refractivity contribution in [1.29, 1.82) is 0 Å². The van der Waals surface area contributed by atoms with E-state index in [9.17, 15) is 4.79 Å². The van der Waals surface area contributed by atoms with Crippen LogP contribution in [0, 0.1) is 6.92 Å². The highest BCUT2D eigenvalue weighted by molar-refractivity contribution is 8.19. The monoisotopic (exact) mass is 397 g/mol. The van der Waals surface area contributed by atoms with E-state index < -0.39 is 0 Å². The number of anilines is 1. The van der Waals surface area contributed by atoms with E-state index in [0.29, 0.717) is 4.58 Å². The summed E-state index contributed by atoms with van der Waals surface area (Å²) in [5, 5.41) is 5.06. The van der Waals surface area contributed by atoms with Gasteiger partial charge in [0.2, 0.25) is 0 Å². The lowest BCUT2D eigenvalue weighted by Gasteiger charge is -2.11. The number of thioether (sulfide) groups is 2. The third kappa shape index (κ3) is 3.85. The van der Waals surface area contributed by atoms with E-state index in [1.807, 2.05) is 47.1 Å². The zero-order valence-corrected chi connectivity index (χ0v) is 16.8. The van der Waals surface area contributed by atoms with Crippen LogP contribution in [0.1, 0.15) is 25.4 Å². The van der Waals surface area contributed by atoms with Gasteiger partial charge in [-0.15, -0.1) is 34.9 Å². The predicted octanol–water partition coefficient (Wildman–Crippen LogP) is 6.45. The summed E-state index contributed by atoms with van der Waals surface area (Å²) in [6.07, 6.45) is 0. The summed E-state index contributed by atoms with van der Waals surface area (Å²) in [5.41, 5.74) is 5.43. The highest BCUT2D eigenvalue weighted by Crippen LogP contribution is 2.45. The van der Waals surface area contributed by atoms with E-state index in [1.165, 1.54) is 34.0 Å². The van der Waals surface area contributed by atoms with Gasteiger partial charge in [0, 0.05) is 22.8 Å². The minimum atomic E-state index is -0.0422. The molecule has 2 heterocycles. The first-order chi connectivity index (χ1) is 12.7. The number of benzene rings is 2. The van der Waals surface area contributed by atoms with Gasteiger partial charge in [0.1, 0.15) is 0 Å². The number of carbonyl (C=O) groups is 1. The largest absolute Gasteiger partial charge is 0.321 e. The third-order valence-electron chi connectivity index (χ3n) is 4.27. The van der Waals surface area contributed by atoms with Crippen LogP contribution in [0.4, 0.5) is 5.69 Å². The molecule has 0 radical (unpaired) electrons. The maximum atomic E-state index is 12.9. The average Bonchev–Trinajstić information content (AvgIpc) is 3.35. The Morgan fingerprint density at radius 1 is 1.04 bits per heavy atom. The number of hydrogen-bond donors (Lipinski definition) is 1. The summed E-state index contributed by atoms with van der Waals surface area (Å²) >= 11 is 5.43. The molecule has 1 aliphatic heterocycles. The van der Waals surface area contributed by atoms with Crippen LogP contribution in [-0.2, 0) is 0 Å². The summed E-state index contributed by atoms with van der Waals surface area (Å²) in [5.74, 6) is 2.35. The maximum absolute atomic E-state index is 12.9. The molecule has 1 fully saturated rings. The number of thiophene rings is 1. The summed E-state index contributed by atoms with van der Waals surface area (Å²) < 4.78 is 0.483. The molecule has 3 aromatic rings. The molecule has 4 rings (SSSR count). The third-order valence-corrected chi connectivity index (χ3v) is 8.29. The van der Waals surface area contributed by atoms with Gasteiger partial charge in [0.15, 0.2) is 0 Å². The topological polar surface area (TPSA) is 29.1 Å². The molecule has 0 bridgehead atoms. The summed E-state index contributed by atoms with van der Waals surface area (Å²) in [6.45, 7) is 2.07. The standard InChI is InChI=1S/C21H19NOS3/c1-14-5-7-15(8-6-14)18-9-10-24-19(18)20(23)22-17-4-2-3-16(13-17)21-25-11-12-26-21/h2-10,13,21H,11-12H2,1H3,(H,22,23). The molecule has 2 aromatic carbocycles. The molecular weight excluding hydrogens is 378 g/mol. The van der Waals surface area contributed by atoms with Crippen molar-refractivity contribution in [2.24, 2.45) is 0 Å². The second-order valence-corrected chi connectivity index (χ2v) is 9.82. The Balaban J connectivity index is 1.55. The smallest absolute Gasteiger partial charge is 0.266 e. The Labute approximate surface area is 166 Å². The van der Waals surface area contributed by atoms with E-state index in [2.05, 4.69) is 48.6 Å². The van der Waals surface area contributed by atoms with Crippen LogP contribution in [0.3, 0.4) is 0 Å². The van der Waals surface area contributed by atoms with Crippen LogP contribution >= 0.6 is 34.9 Å². The molecule has 0 spiro atoms. The summed E-state index contributed by atoms with van der Waals surface area (Å²) in [7, 11) is 0. The Kier molecular flexibility index (Phi) is 5.38. The fourth-order valence-corrected chi connectivity index (χ4v) is 6.60. The molecule has 1 amide bonds. The van der Waals surface area contributed by atoms with Gasteiger partial charge < -0.3 is 5.32 Å². The number of hydrogen-bond acceptors (Lipinski definition) is 4. The van der Waals surface area contributed by atoms with Crippen LogP contribution in [0.5, 0.6) is 0 Å². The van der Waals surface area contributed by atoms with Crippen molar-refractivity contribution in [1.82, 2.24) is 0 Å². The van der Waals surface area contributed by atoms with Crippen LogP contribution in [0.2, 0.25) is 0 Å². The molecule has 26 heavy (non-hydrogen) atoms. The van der Waals surface area contributed by atoms with Gasteiger partial charge in [-0.25, -0.2) is 0 Å². The van der Waals surface area contributed by atoms with Gasteiger partial charge in [0.25, 0.3) is 5.91 Å². The fraction of sp³-hybridized carbons (Fsp3) is 0.190. The zero-order valence-electron chi connectivity index (χ0n) is 14.4. The highest BCUT2D eigenvalue weighted by atomic mass is 32.2. The van der Waals surface area contributed by atoms with Gasteiger partial charge in [0.05, 0.1) is 9.46 Å². The summed E-state index contributed by atoms with van der Waals surface area (Å²) in [4.78, 5) is 13.6. The lowest BCUT2D eigenvalue weighted by molar-refractivity contribution is 0.103. The minimum absolute atomic E-state index is 0.0422. The van der Waals surface area contributed by atoms with Crippen LogP contribution in [-0.4, -0.2) is 17.4 Å². The molecule has 1 N–H and O–H groups in total. The molecule has 132 valence electrons. The van der Waals surface area contributed by atoms with E-state index in [4.69, 9.17) is 0 Å². The van der Waals surface area contributed by atoms with Crippen molar-refractivity contribution in [2.75, 3.05) is 16.8 Å². The van der Waals surface area contributed by atoms with Gasteiger partial charge in [-0.1, -0.05) is 42.0 Å². The molecular formula is C21H19NOS3. The van der Waals surface area contributed by atoms with Crippen LogP contribution < -0.4 is 5.32 Å². The van der Waals surface area contributed by atoms with E-state index >= 15 is 0 Å². The molecule has 0 unspecified atom stereocenters. The highest BCUT2D eigenvalue weighted by Gasteiger charge is 2.19. The van der Waals surface area contributed by atoms with Crippen LogP contribution in [0.25, 0.3) is 11.1 Å².